The number of terminal acetylenes is 1. The molecule has 0 bridgehead atoms. The van der Waals surface area contributed by atoms with E-state index in [0.29, 0.717) is 17.0 Å². The Hall–Kier alpha value is -1.41. The summed E-state index contributed by atoms with van der Waals surface area (Å²) < 4.78 is 3.75. The highest BCUT2D eigenvalue weighted by molar-refractivity contribution is 7.08. The molecule has 0 aliphatic heterocycles. The molecule has 0 aliphatic carbocycles. The van der Waals surface area contributed by atoms with E-state index in [-0.39, 0.29) is 5.91 Å². The zero-order valence-electron chi connectivity index (χ0n) is 9.00. The fourth-order valence-corrected chi connectivity index (χ4v) is 1.63. The molecule has 15 heavy (non-hydrogen) atoms. The fourth-order valence-electron chi connectivity index (χ4n) is 0.989. The Morgan fingerprint density at radius 1 is 1.67 bits per heavy atom. The topological polar surface area (TPSA) is 54.9 Å². The summed E-state index contributed by atoms with van der Waals surface area (Å²) >= 11 is 1.09. The SMILES string of the molecule is C#CC(C)(C)NC(=O)c1snnc1CC. The summed E-state index contributed by atoms with van der Waals surface area (Å²) in [5, 5.41) is 6.61. The molecule has 0 unspecified atom stereocenters. The first-order chi connectivity index (χ1) is 7.00. The third-order valence-corrected chi connectivity index (χ3v) is 2.65. The third-order valence-electron chi connectivity index (χ3n) is 1.88. The number of amides is 1. The maximum atomic E-state index is 11.8. The van der Waals surface area contributed by atoms with Crippen molar-refractivity contribution < 1.29 is 4.79 Å². The van der Waals surface area contributed by atoms with Gasteiger partial charge in [-0.2, -0.15) is 0 Å². The van der Waals surface area contributed by atoms with Crippen molar-refractivity contribution in [2.45, 2.75) is 32.7 Å². The minimum atomic E-state index is -0.647. The number of hydrogen-bond donors (Lipinski definition) is 1. The molecule has 4 nitrogen and oxygen atoms in total. The Morgan fingerprint density at radius 3 is 2.87 bits per heavy atom. The molecule has 0 radical (unpaired) electrons. The zero-order valence-corrected chi connectivity index (χ0v) is 9.81. The standard InChI is InChI=1S/C10H13N3OS/c1-5-7-8(15-13-12-7)9(14)11-10(3,4)6-2/h2H,5H2,1,3-4H3,(H,11,14). The molecule has 0 saturated heterocycles. The van der Waals surface area contributed by atoms with Crippen LogP contribution in [0.25, 0.3) is 0 Å². The van der Waals surface area contributed by atoms with Gasteiger partial charge in [0.1, 0.15) is 4.88 Å². The van der Waals surface area contributed by atoms with Gasteiger partial charge >= 0.3 is 0 Å². The van der Waals surface area contributed by atoms with E-state index >= 15 is 0 Å². The summed E-state index contributed by atoms with van der Waals surface area (Å²) in [6.45, 7) is 5.47. The quantitative estimate of drug-likeness (QED) is 0.784. The average Bonchev–Trinajstić information content (AvgIpc) is 2.64. The Bertz CT molecular complexity index is 403. The molecule has 0 saturated carbocycles. The van der Waals surface area contributed by atoms with Gasteiger partial charge in [-0.15, -0.1) is 11.5 Å². The van der Waals surface area contributed by atoms with Crippen LogP contribution in [0.2, 0.25) is 0 Å². The lowest BCUT2D eigenvalue weighted by atomic mass is 10.1. The van der Waals surface area contributed by atoms with Crippen LogP contribution in [-0.2, 0) is 6.42 Å². The van der Waals surface area contributed by atoms with Crippen LogP contribution < -0.4 is 5.32 Å². The number of carbonyl (C=O) groups excluding carboxylic acids is 1. The van der Waals surface area contributed by atoms with Crippen LogP contribution in [0.3, 0.4) is 0 Å². The van der Waals surface area contributed by atoms with Gasteiger partial charge in [0, 0.05) is 0 Å². The van der Waals surface area contributed by atoms with E-state index in [2.05, 4.69) is 20.8 Å². The molecule has 0 atom stereocenters. The summed E-state index contributed by atoms with van der Waals surface area (Å²) in [5.41, 5.74) is 0.0665. The second-order valence-corrected chi connectivity index (χ2v) is 4.38. The molecule has 0 spiro atoms. The number of carbonyl (C=O) groups is 1. The van der Waals surface area contributed by atoms with Gasteiger partial charge in [-0.3, -0.25) is 4.79 Å². The van der Waals surface area contributed by atoms with Crippen molar-refractivity contribution in [1.29, 1.82) is 0 Å². The van der Waals surface area contributed by atoms with E-state index in [1.165, 1.54) is 0 Å². The number of hydrogen-bond acceptors (Lipinski definition) is 4. The number of nitrogens with zero attached hydrogens (tertiary/aromatic N) is 2. The maximum Gasteiger partial charge on any atom is 0.266 e. The fraction of sp³-hybridized carbons (Fsp3) is 0.500. The van der Waals surface area contributed by atoms with Gasteiger partial charge in [-0.1, -0.05) is 17.3 Å². The average molecular weight is 223 g/mol. The van der Waals surface area contributed by atoms with Crippen LogP contribution in [0.1, 0.15) is 36.1 Å². The molecule has 1 aromatic heterocycles. The first kappa shape index (κ1) is 11.7. The Kier molecular flexibility index (Phi) is 3.43. The van der Waals surface area contributed by atoms with E-state index < -0.39 is 5.54 Å². The summed E-state index contributed by atoms with van der Waals surface area (Å²) in [7, 11) is 0. The van der Waals surface area contributed by atoms with Gasteiger partial charge in [0.15, 0.2) is 0 Å². The lowest BCUT2D eigenvalue weighted by molar-refractivity contribution is 0.0933. The van der Waals surface area contributed by atoms with Gasteiger partial charge in [0.2, 0.25) is 0 Å². The minimum absolute atomic E-state index is 0.204. The van der Waals surface area contributed by atoms with E-state index in [0.717, 1.165) is 11.5 Å². The van der Waals surface area contributed by atoms with Crippen molar-refractivity contribution in [3.8, 4) is 12.3 Å². The van der Waals surface area contributed by atoms with Gasteiger partial charge in [-0.25, -0.2) is 0 Å². The Morgan fingerprint density at radius 2 is 2.33 bits per heavy atom. The second kappa shape index (κ2) is 4.41. The normalized spacial score (nSPS) is 10.8. The van der Waals surface area contributed by atoms with E-state index in [4.69, 9.17) is 6.42 Å². The van der Waals surface area contributed by atoms with Crippen LogP contribution in [0.15, 0.2) is 0 Å². The first-order valence-electron chi connectivity index (χ1n) is 4.61. The number of aromatic nitrogens is 2. The molecule has 1 heterocycles. The highest BCUT2D eigenvalue weighted by Gasteiger charge is 2.21. The molecule has 1 N–H and O–H groups in total. The highest BCUT2D eigenvalue weighted by atomic mass is 32.1. The van der Waals surface area contributed by atoms with Crippen molar-refractivity contribution in [3.05, 3.63) is 10.6 Å². The van der Waals surface area contributed by atoms with Crippen molar-refractivity contribution in [1.82, 2.24) is 14.9 Å². The van der Waals surface area contributed by atoms with Crippen LogP contribution >= 0.6 is 11.5 Å². The van der Waals surface area contributed by atoms with E-state index in [1.54, 1.807) is 13.8 Å². The van der Waals surface area contributed by atoms with E-state index in [1.807, 2.05) is 6.92 Å². The van der Waals surface area contributed by atoms with Gasteiger partial charge < -0.3 is 5.32 Å². The third kappa shape index (κ3) is 2.77. The monoisotopic (exact) mass is 223 g/mol. The van der Waals surface area contributed by atoms with Gasteiger partial charge in [-0.05, 0) is 31.8 Å². The van der Waals surface area contributed by atoms with E-state index in [9.17, 15) is 4.79 Å². The molecule has 0 aliphatic rings. The Labute approximate surface area is 93.3 Å². The van der Waals surface area contributed by atoms with Crippen molar-refractivity contribution in [2.75, 3.05) is 0 Å². The van der Waals surface area contributed by atoms with Crippen LogP contribution in [0, 0.1) is 12.3 Å². The predicted molar refractivity (Wildman–Crippen MR) is 59.7 cm³/mol. The summed E-state index contributed by atoms with van der Waals surface area (Å²) in [4.78, 5) is 12.3. The zero-order chi connectivity index (χ0) is 11.5. The molecule has 1 rings (SSSR count). The molecule has 5 heteroatoms. The molecule has 0 fully saturated rings. The van der Waals surface area contributed by atoms with Crippen molar-refractivity contribution in [2.24, 2.45) is 0 Å². The first-order valence-corrected chi connectivity index (χ1v) is 5.39. The van der Waals surface area contributed by atoms with Gasteiger partial charge in [0.25, 0.3) is 5.91 Å². The smallest absolute Gasteiger partial charge is 0.266 e. The molecule has 1 aromatic rings. The summed E-state index contributed by atoms with van der Waals surface area (Å²) in [5.74, 6) is 2.30. The number of nitrogens with one attached hydrogen (secondary N) is 1. The number of rotatable bonds is 3. The molecule has 0 aromatic carbocycles. The second-order valence-electron chi connectivity index (χ2n) is 3.63. The maximum absolute atomic E-state index is 11.8. The minimum Gasteiger partial charge on any atom is -0.335 e. The summed E-state index contributed by atoms with van der Waals surface area (Å²) in [6, 6.07) is 0. The predicted octanol–water partition coefficient (Wildman–Crippen LogP) is 1.24. The van der Waals surface area contributed by atoms with Crippen molar-refractivity contribution >= 4 is 17.4 Å². The van der Waals surface area contributed by atoms with Gasteiger partial charge in [0.05, 0.1) is 11.2 Å². The Balaban J connectivity index is 2.83. The molecular formula is C10H13N3OS. The number of aryl methyl sites for hydroxylation is 1. The van der Waals surface area contributed by atoms with Crippen LogP contribution in [-0.4, -0.2) is 21.0 Å². The molecule has 80 valence electrons. The largest absolute Gasteiger partial charge is 0.335 e. The lowest BCUT2D eigenvalue weighted by Crippen LogP contribution is -2.42. The van der Waals surface area contributed by atoms with Crippen molar-refractivity contribution in [3.63, 3.8) is 0 Å². The molecule has 1 amide bonds. The van der Waals surface area contributed by atoms with Crippen LogP contribution in [0.4, 0.5) is 0 Å². The molecular weight excluding hydrogens is 210 g/mol. The van der Waals surface area contributed by atoms with Crippen LogP contribution in [0.5, 0.6) is 0 Å². The summed E-state index contributed by atoms with van der Waals surface area (Å²) in [6.07, 6.45) is 5.98. The highest BCUT2D eigenvalue weighted by Crippen LogP contribution is 2.12. The lowest BCUT2D eigenvalue weighted by Gasteiger charge is -2.18.